The van der Waals surface area contributed by atoms with Gasteiger partial charge in [-0.1, -0.05) is 60.7 Å². The highest BCUT2D eigenvalue weighted by Crippen LogP contribution is 2.64. The first-order chi connectivity index (χ1) is 34.5. The maximum atomic E-state index is 11.9. The minimum Gasteiger partial charge on any atom is -0.766 e. The zero-order chi connectivity index (χ0) is 55.2. The Kier molecular flexibility index (Phi) is 27.8. The van der Waals surface area contributed by atoms with Gasteiger partial charge >= 0.3 is 12.2 Å². The quantitative estimate of drug-likeness (QED) is 0.0596. The van der Waals surface area contributed by atoms with E-state index in [0.717, 1.165) is 5.56 Å². The minimum atomic E-state index is -6.00. The van der Waals surface area contributed by atoms with Gasteiger partial charge in [0.25, 0.3) is 39.1 Å². The van der Waals surface area contributed by atoms with Crippen LogP contribution in [0.15, 0.2) is 60.7 Å². The highest BCUT2D eigenvalue weighted by atomic mass is 31.3. The van der Waals surface area contributed by atoms with Gasteiger partial charge in [-0.3, -0.25) is 31.7 Å². The molecular formula is C36H55N3O29P6-6. The largest absolute Gasteiger partial charge is 0.766 e. The monoisotopic (exact) mass is 1180 g/mol. The Labute approximate surface area is 423 Å². The van der Waals surface area contributed by atoms with Crippen LogP contribution in [0.25, 0.3) is 0 Å². The summed E-state index contributed by atoms with van der Waals surface area (Å²) in [6.07, 6.45) is -5.78. The number of morpholine rings is 1. The molecule has 0 radical (unpaired) electrons. The smallest absolute Gasteiger partial charge is 0.407 e. The minimum absolute atomic E-state index is 0.0326. The van der Waals surface area contributed by atoms with E-state index in [0.29, 0.717) is 10.2 Å². The lowest BCUT2D eigenvalue weighted by atomic mass is 10.1. The molecule has 38 heteroatoms. The lowest BCUT2D eigenvalue weighted by Gasteiger charge is -2.41. The van der Waals surface area contributed by atoms with E-state index in [1.165, 1.54) is 0 Å². The van der Waals surface area contributed by atoms with Crippen LogP contribution in [0.1, 0.15) is 37.8 Å². The number of carbonyl (C=O) groups excluding carboxylic acids is 2. The lowest BCUT2D eigenvalue weighted by Crippen LogP contribution is -2.37. The number of rotatable bonds is 25. The number of carbonyl (C=O) groups is 2. The van der Waals surface area contributed by atoms with Crippen molar-refractivity contribution in [2.24, 2.45) is 0 Å². The predicted molar refractivity (Wildman–Crippen MR) is 236 cm³/mol. The third kappa shape index (κ3) is 27.2. The molecular weight excluding hydrogens is 1120 g/mol. The molecule has 2 aromatic carbocycles. The van der Waals surface area contributed by atoms with E-state index in [4.69, 9.17) is 28.8 Å². The van der Waals surface area contributed by atoms with Gasteiger partial charge < -0.3 is 92.6 Å². The Morgan fingerprint density at radius 2 is 1.00 bits per heavy atom. The summed E-state index contributed by atoms with van der Waals surface area (Å²) in [6, 6.07) is 18.1. The molecule has 3 fully saturated rings. The van der Waals surface area contributed by atoms with Crippen LogP contribution >= 0.6 is 46.9 Å². The van der Waals surface area contributed by atoms with E-state index in [-0.39, 0.29) is 77.7 Å². The molecule has 6 unspecified atom stereocenters. The van der Waals surface area contributed by atoms with E-state index in [1.54, 1.807) is 44.2 Å². The van der Waals surface area contributed by atoms with Gasteiger partial charge in [-0.15, -0.1) is 0 Å². The summed E-state index contributed by atoms with van der Waals surface area (Å²) in [5.74, 6) is 0. The van der Waals surface area contributed by atoms with Crippen molar-refractivity contribution in [3.8, 4) is 0 Å². The fraction of sp³-hybridized carbons (Fsp3) is 0.611. The second-order valence-electron chi connectivity index (χ2n) is 15.3. The lowest BCUT2D eigenvalue weighted by molar-refractivity contribution is -0.254. The van der Waals surface area contributed by atoms with Gasteiger partial charge in [0.1, 0.15) is 25.4 Å². The molecule has 5 rings (SSSR count). The van der Waals surface area contributed by atoms with E-state index in [2.05, 4.69) is 41.4 Å². The number of phosphoric ester groups is 3. The average molecular weight is 1180 g/mol. The summed E-state index contributed by atoms with van der Waals surface area (Å²) < 4.78 is 124. The molecule has 0 spiro atoms. The standard InChI is InChI=1S/C16H26NO14P3.C10H22NO12P3.C10H13NO3/c1-12-9-14(18)15(29-12)11-28-33(22,23)31-34(24,25)30-32(20,21)27-8-7-17-16(19)26-10-13-5-3-2-4-6-13;1-8-6-9(12)10(21-8)7-20-25(15,16)23-26(17,18)22-24(13,14)11-2-4-19-5-3-11;12-7-6-11-10(13)14-8-9-4-2-1-3-5-9/h2-6,12,14-15,18H,7-11H2,1H3,(H,17,19)(H,20,21)(H,22,23)(H,24,25);8-10,12H,2-7H2,1H3,(H,13,14)(H,15,16)(H,17,18);1-5,12H,6-8H2,(H,11,13)/p-6/t12-,14+,15+;8-,9+,10+;/m00./s1. The number of benzene rings is 2. The normalized spacial score (nSPS) is 25.8. The summed E-state index contributed by atoms with van der Waals surface area (Å²) in [4.78, 5) is 92.6. The molecule has 74 heavy (non-hydrogen) atoms. The van der Waals surface area contributed by atoms with Crippen molar-refractivity contribution in [2.75, 3.05) is 65.8 Å². The second kappa shape index (κ2) is 31.2. The van der Waals surface area contributed by atoms with Crippen molar-refractivity contribution >= 4 is 59.0 Å². The number of aliphatic hydroxyl groups excluding tert-OH is 3. The number of phosphoric acid groups is 5. The molecule has 5 N–H and O–H groups in total. The SMILES string of the molecule is C[C@H]1C[C@@H](O)[C@@H](COP(=O)([O-])OP(=O)([O-])OP(=O)([O-])N2CCOCC2)O1.C[C@H]1C[C@@H](O)[C@@H](COP(=O)([O-])OP(=O)([O-])OP(=O)([O-])OCCNC(=O)OCc2ccccc2)O1.O=C(NCCO)OCc1ccccc1. The van der Waals surface area contributed by atoms with E-state index >= 15 is 0 Å². The topological polar surface area (TPSA) is 474 Å². The van der Waals surface area contributed by atoms with Gasteiger partial charge in [0.05, 0.1) is 64.1 Å². The van der Waals surface area contributed by atoms with Crippen molar-refractivity contribution in [2.45, 2.75) is 76.5 Å². The Hall–Kier alpha value is -2.44. The highest BCUT2D eigenvalue weighted by Gasteiger charge is 2.36. The molecule has 424 valence electrons. The number of hydrogen-bond acceptors (Lipinski definition) is 29. The van der Waals surface area contributed by atoms with E-state index < -0.39 is 110 Å². The van der Waals surface area contributed by atoms with Crippen LogP contribution in [0.2, 0.25) is 0 Å². The van der Waals surface area contributed by atoms with Crippen molar-refractivity contribution in [3.63, 3.8) is 0 Å². The van der Waals surface area contributed by atoms with Gasteiger partial charge in [-0.2, -0.15) is 0 Å². The molecule has 2 aromatic rings. The molecule has 12 atom stereocenters. The molecule has 3 aliphatic rings. The third-order valence-electron chi connectivity index (χ3n) is 9.18. The van der Waals surface area contributed by atoms with Crippen LogP contribution in [-0.4, -0.2) is 135 Å². The summed E-state index contributed by atoms with van der Waals surface area (Å²) in [7, 11) is -33.6. The highest BCUT2D eigenvalue weighted by molar-refractivity contribution is 7.66. The Morgan fingerprint density at radius 3 is 1.39 bits per heavy atom. The summed E-state index contributed by atoms with van der Waals surface area (Å²) >= 11 is 0. The van der Waals surface area contributed by atoms with Crippen molar-refractivity contribution in [3.05, 3.63) is 71.8 Å². The molecule has 2 amide bonds. The van der Waals surface area contributed by atoms with Crippen molar-refractivity contribution < 1.29 is 136 Å². The maximum absolute atomic E-state index is 11.9. The first kappa shape index (κ1) is 65.8. The van der Waals surface area contributed by atoms with Crippen LogP contribution in [0.5, 0.6) is 0 Å². The number of aliphatic hydroxyl groups is 3. The van der Waals surface area contributed by atoms with Crippen LogP contribution < -0.4 is 40.0 Å². The first-order valence-corrected chi connectivity index (χ1v) is 30.4. The van der Waals surface area contributed by atoms with Crippen LogP contribution in [0.3, 0.4) is 0 Å². The maximum Gasteiger partial charge on any atom is 0.407 e. The number of amides is 2. The second-order valence-corrected chi connectivity index (χ2v) is 24.7. The van der Waals surface area contributed by atoms with Crippen LogP contribution in [0.4, 0.5) is 9.59 Å². The molecule has 32 nitrogen and oxygen atoms in total. The van der Waals surface area contributed by atoms with E-state index in [9.17, 15) is 76.6 Å². The predicted octanol–water partition coefficient (Wildman–Crippen LogP) is -0.860. The average Bonchev–Trinajstić information content (AvgIpc) is 3.82. The number of ether oxygens (including phenoxy) is 5. The summed E-state index contributed by atoms with van der Waals surface area (Å²) in [5, 5.41) is 32.2. The van der Waals surface area contributed by atoms with Crippen LogP contribution in [-0.2, 0) is 95.1 Å². The van der Waals surface area contributed by atoms with Gasteiger partial charge in [-0.25, -0.2) is 27.2 Å². The zero-order valence-electron chi connectivity index (χ0n) is 39.2. The number of nitrogens with zero attached hydrogens (tertiary/aromatic N) is 1. The fourth-order valence-electron chi connectivity index (χ4n) is 5.96. The number of alkyl carbamates (subject to hydrolysis) is 2. The van der Waals surface area contributed by atoms with Crippen molar-refractivity contribution in [1.29, 1.82) is 0 Å². The van der Waals surface area contributed by atoms with Gasteiger partial charge in [0.2, 0.25) is 7.75 Å². The third-order valence-corrected chi connectivity index (χ3v) is 18.1. The van der Waals surface area contributed by atoms with Gasteiger partial charge in [0.15, 0.2) is 0 Å². The summed E-state index contributed by atoms with van der Waals surface area (Å²) in [6.45, 7) is 0.703. The van der Waals surface area contributed by atoms with Gasteiger partial charge in [-0.05, 0) is 25.0 Å². The molecule has 0 aliphatic carbocycles. The number of nitrogens with one attached hydrogen (secondary N) is 2. The number of hydrogen-bond donors (Lipinski definition) is 5. The fourth-order valence-corrected chi connectivity index (χ4v) is 13.3. The van der Waals surface area contributed by atoms with Crippen molar-refractivity contribution in [1.82, 2.24) is 15.3 Å². The van der Waals surface area contributed by atoms with Gasteiger partial charge in [0, 0.05) is 39.0 Å². The molecule has 3 heterocycles. The Bertz CT molecular complexity index is 2320. The Balaban J connectivity index is 0.000000317. The molecule has 0 bridgehead atoms. The van der Waals surface area contributed by atoms with E-state index in [1.807, 2.05) is 30.3 Å². The molecule has 3 saturated heterocycles. The molecule has 3 aliphatic heterocycles. The molecule has 0 saturated carbocycles. The van der Waals surface area contributed by atoms with Crippen LogP contribution in [0, 0.1) is 0 Å². The first-order valence-electron chi connectivity index (χ1n) is 21.7. The summed E-state index contributed by atoms with van der Waals surface area (Å²) in [5.41, 5.74) is 1.64. The Morgan fingerprint density at radius 1 is 0.608 bits per heavy atom. The zero-order valence-corrected chi connectivity index (χ0v) is 44.6. The molecule has 0 aromatic heterocycles.